The van der Waals surface area contributed by atoms with Crippen LogP contribution in [0.2, 0.25) is 0 Å². The van der Waals surface area contributed by atoms with Gasteiger partial charge in [-0.15, -0.1) is 0 Å². The number of ether oxygens (including phenoxy) is 1. The largest absolute Gasteiger partial charge is 0.479 e. The monoisotopic (exact) mass is 229 g/mol. The predicted octanol–water partition coefficient (Wildman–Crippen LogP) is 0.219. The van der Waals surface area contributed by atoms with E-state index in [0.29, 0.717) is 19.4 Å². The molecule has 0 bridgehead atoms. The van der Waals surface area contributed by atoms with Gasteiger partial charge >= 0.3 is 12.1 Å². The Morgan fingerprint density at radius 1 is 1.62 bits per heavy atom. The Kier molecular flexibility index (Phi) is 4.30. The molecular formula is C10H15NO5. The highest BCUT2D eigenvalue weighted by Gasteiger charge is 2.38. The van der Waals surface area contributed by atoms with Crippen molar-refractivity contribution in [1.82, 2.24) is 4.90 Å². The van der Waals surface area contributed by atoms with E-state index in [1.807, 2.05) is 0 Å². The van der Waals surface area contributed by atoms with Crippen molar-refractivity contribution >= 4 is 12.1 Å². The number of aliphatic hydroxyl groups is 1. The first-order chi connectivity index (χ1) is 7.57. The summed E-state index contributed by atoms with van der Waals surface area (Å²) in [4.78, 5) is 23.4. The Morgan fingerprint density at radius 2 is 2.31 bits per heavy atom. The first-order valence-corrected chi connectivity index (χ1v) is 5.03. The van der Waals surface area contributed by atoms with Gasteiger partial charge in [-0.25, -0.2) is 9.59 Å². The summed E-state index contributed by atoms with van der Waals surface area (Å²) in [6, 6.07) is -0.699. The van der Waals surface area contributed by atoms with Crippen LogP contribution >= 0.6 is 0 Å². The number of carbonyl (C=O) groups is 2. The lowest BCUT2D eigenvalue weighted by molar-refractivity contribution is -0.149. The molecule has 0 aliphatic carbocycles. The molecule has 0 aromatic heterocycles. The number of amides is 1. The summed E-state index contributed by atoms with van der Waals surface area (Å²) in [5.74, 6) is -1.33. The minimum Gasteiger partial charge on any atom is -0.479 e. The van der Waals surface area contributed by atoms with Gasteiger partial charge in [-0.3, -0.25) is 0 Å². The topological polar surface area (TPSA) is 87.1 Å². The quantitative estimate of drug-likeness (QED) is 0.673. The van der Waals surface area contributed by atoms with E-state index in [0.717, 1.165) is 0 Å². The van der Waals surface area contributed by atoms with Crippen molar-refractivity contribution in [3.05, 3.63) is 12.7 Å². The number of hydrogen-bond donors (Lipinski definition) is 2. The lowest BCUT2D eigenvalue weighted by Gasteiger charge is -2.25. The molecule has 6 heteroatoms. The zero-order valence-corrected chi connectivity index (χ0v) is 8.83. The molecule has 0 aromatic carbocycles. The average Bonchev–Trinajstić information content (AvgIpc) is 2.73. The summed E-state index contributed by atoms with van der Waals surface area (Å²) in [6.45, 7) is 3.88. The van der Waals surface area contributed by atoms with E-state index in [4.69, 9.17) is 9.84 Å². The smallest absolute Gasteiger partial charge is 0.410 e. The van der Waals surface area contributed by atoms with Gasteiger partial charge in [-0.2, -0.15) is 0 Å². The standard InChI is InChI=1S/C10H15NO5/c1-2-6-16-10(15)11-5-3-4-7(11)8(12)9(13)14/h2,7-8,12H,1,3-6H2,(H,13,14). The van der Waals surface area contributed by atoms with Gasteiger partial charge in [0.2, 0.25) is 0 Å². The zero-order valence-electron chi connectivity index (χ0n) is 8.83. The SMILES string of the molecule is C=CCOC(=O)N1CCCC1C(O)C(=O)O. The fraction of sp³-hybridized carbons (Fsp3) is 0.600. The number of carbonyl (C=O) groups excluding carboxylic acids is 1. The zero-order chi connectivity index (χ0) is 12.1. The van der Waals surface area contributed by atoms with Crippen molar-refractivity contribution in [2.75, 3.05) is 13.2 Å². The molecule has 0 spiro atoms. The molecule has 1 heterocycles. The van der Waals surface area contributed by atoms with Crippen molar-refractivity contribution in [3.63, 3.8) is 0 Å². The van der Waals surface area contributed by atoms with Crippen molar-refractivity contribution in [1.29, 1.82) is 0 Å². The van der Waals surface area contributed by atoms with Gasteiger partial charge in [0.05, 0.1) is 6.04 Å². The van der Waals surface area contributed by atoms with E-state index in [9.17, 15) is 14.7 Å². The van der Waals surface area contributed by atoms with Crippen LogP contribution in [0.3, 0.4) is 0 Å². The molecule has 6 nitrogen and oxygen atoms in total. The summed E-state index contributed by atoms with van der Waals surface area (Å²) >= 11 is 0. The fourth-order valence-corrected chi connectivity index (χ4v) is 1.73. The highest BCUT2D eigenvalue weighted by atomic mass is 16.6. The molecule has 1 rings (SSSR count). The molecule has 1 fully saturated rings. The van der Waals surface area contributed by atoms with Crippen LogP contribution in [0, 0.1) is 0 Å². The number of carboxylic acid groups (broad SMARTS) is 1. The first kappa shape index (κ1) is 12.5. The molecule has 16 heavy (non-hydrogen) atoms. The summed E-state index contributed by atoms with van der Waals surface area (Å²) in [7, 11) is 0. The lowest BCUT2D eigenvalue weighted by atomic mass is 10.1. The third kappa shape index (κ3) is 2.73. The molecule has 0 aromatic rings. The Hall–Kier alpha value is -1.56. The van der Waals surface area contributed by atoms with Crippen LogP contribution in [0.4, 0.5) is 4.79 Å². The summed E-state index contributed by atoms with van der Waals surface area (Å²) < 4.78 is 4.80. The van der Waals surface area contributed by atoms with Gasteiger partial charge < -0.3 is 19.8 Å². The molecule has 1 amide bonds. The lowest BCUT2D eigenvalue weighted by Crippen LogP contribution is -2.46. The number of likely N-dealkylation sites (tertiary alicyclic amines) is 1. The molecule has 0 saturated carbocycles. The second kappa shape index (κ2) is 5.50. The Bertz CT molecular complexity index is 291. The van der Waals surface area contributed by atoms with Crippen LogP contribution in [0.1, 0.15) is 12.8 Å². The highest BCUT2D eigenvalue weighted by Crippen LogP contribution is 2.21. The fourth-order valence-electron chi connectivity index (χ4n) is 1.73. The van der Waals surface area contributed by atoms with Crippen LogP contribution in [-0.4, -0.2) is 52.5 Å². The molecule has 1 saturated heterocycles. The van der Waals surface area contributed by atoms with Gasteiger partial charge in [0.25, 0.3) is 0 Å². The van der Waals surface area contributed by atoms with E-state index in [-0.39, 0.29) is 6.61 Å². The Balaban J connectivity index is 2.61. The third-order valence-electron chi connectivity index (χ3n) is 2.48. The molecule has 2 N–H and O–H groups in total. The van der Waals surface area contributed by atoms with Crippen molar-refractivity contribution in [3.8, 4) is 0 Å². The van der Waals surface area contributed by atoms with E-state index < -0.39 is 24.2 Å². The van der Waals surface area contributed by atoms with Crippen LogP contribution in [0.25, 0.3) is 0 Å². The maximum atomic E-state index is 11.5. The molecule has 1 aliphatic rings. The van der Waals surface area contributed by atoms with Crippen LogP contribution in [-0.2, 0) is 9.53 Å². The molecule has 2 unspecified atom stereocenters. The maximum Gasteiger partial charge on any atom is 0.410 e. The minimum atomic E-state index is -1.56. The number of nitrogens with zero attached hydrogens (tertiary/aromatic N) is 1. The Labute approximate surface area is 93.1 Å². The van der Waals surface area contributed by atoms with Crippen molar-refractivity contribution < 1.29 is 24.5 Å². The predicted molar refractivity (Wildman–Crippen MR) is 54.9 cm³/mol. The maximum absolute atomic E-state index is 11.5. The molecule has 0 radical (unpaired) electrons. The highest BCUT2D eigenvalue weighted by molar-refractivity contribution is 5.75. The normalized spacial score (nSPS) is 21.6. The van der Waals surface area contributed by atoms with Crippen LogP contribution < -0.4 is 0 Å². The van der Waals surface area contributed by atoms with Gasteiger partial charge in [0.1, 0.15) is 6.61 Å². The number of aliphatic carboxylic acids is 1. The van der Waals surface area contributed by atoms with Crippen LogP contribution in [0.5, 0.6) is 0 Å². The number of carboxylic acids is 1. The molecular weight excluding hydrogens is 214 g/mol. The van der Waals surface area contributed by atoms with Gasteiger partial charge in [0.15, 0.2) is 6.10 Å². The first-order valence-electron chi connectivity index (χ1n) is 5.03. The molecule has 2 atom stereocenters. The summed E-state index contributed by atoms with van der Waals surface area (Å²) in [5, 5.41) is 18.1. The van der Waals surface area contributed by atoms with Crippen molar-refractivity contribution in [2.24, 2.45) is 0 Å². The minimum absolute atomic E-state index is 0.0746. The molecule has 90 valence electrons. The Morgan fingerprint density at radius 3 is 2.88 bits per heavy atom. The van der Waals surface area contributed by atoms with E-state index >= 15 is 0 Å². The molecule has 1 aliphatic heterocycles. The summed E-state index contributed by atoms with van der Waals surface area (Å²) in [5.41, 5.74) is 0. The second-order valence-corrected chi connectivity index (χ2v) is 3.55. The second-order valence-electron chi connectivity index (χ2n) is 3.55. The van der Waals surface area contributed by atoms with Gasteiger partial charge in [-0.1, -0.05) is 12.7 Å². The average molecular weight is 229 g/mol. The number of rotatable bonds is 4. The number of hydrogen-bond acceptors (Lipinski definition) is 4. The van der Waals surface area contributed by atoms with Gasteiger partial charge in [0, 0.05) is 6.54 Å². The summed E-state index contributed by atoms with van der Waals surface area (Å²) in [6.07, 6.45) is 0.396. The van der Waals surface area contributed by atoms with Gasteiger partial charge in [-0.05, 0) is 12.8 Å². The van der Waals surface area contributed by atoms with Crippen molar-refractivity contribution in [2.45, 2.75) is 25.0 Å². The van der Waals surface area contributed by atoms with E-state index in [2.05, 4.69) is 6.58 Å². The van der Waals surface area contributed by atoms with E-state index in [1.165, 1.54) is 11.0 Å². The third-order valence-corrected chi connectivity index (χ3v) is 2.48. The van der Waals surface area contributed by atoms with Crippen LogP contribution in [0.15, 0.2) is 12.7 Å². The van der Waals surface area contributed by atoms with E-state index in [1.54, 1.807) is 0 Å². The number of aliphatic hydroxyl groups excluding tert-OH is 1.